The van der Waals surface area contributed by atoms with Gasteiger partial charge in [0, 0.05) is 36.9 Å². The summed E-state index contributed by atoms with van der Waals surface area (Å²) in [5.74, 6) is 0.727. The van der Waals surface area contributed by atoms with Crippen molar-refractivity contribution in [2.75, 3.05) is 13.1 Å². The number of benzene rings is 1. The number of thiazole rings is 1. The monoisotopic (exact) mass is 437 g/mol. The summed E-state index contributed by atoms with van der Waals surface area (Å²) in [7, 11) is 0. The molecule has 0 unspecified atom stereocenters. The van der Waals surface area contributed by atoms with Crippen LogP contribution in [0.2, 0.25) is 0 Å². The van der Waals surface area contributed by atoms with Gasteiger partial charge in [0.2, 0.25) is 0 Å². The maximum absolute atomic E-state index is 12.8. The Kier molecular flexibility index (Phi) is 4.94. The minimum atomic E-state index is -0.559. The van der Waals surface area contributed by atoms with Crippen LogP contribution < -0.4 is 11.1 Å². The molecular weight excluding hydrogens is 410 g/mol. The van der Waals surface area contributed by atoms with Crippen LogP contribution >= 0.6 is 11.3 Å². The molecule has 2 aliphatic heterocycles. The number of nitrogens with zero attached hydrogens (tertiary/aromatic N) is 5. The highest BCUT2D eigenvalue weighted by molar-refractivity contribution is 7.09. The normalized spacial score (nSPS) is 20.6. The molecule has 0 bridgehead atoms. The molecule has 31 heavy (non-hydrogen) atoms. The van der Waals surface area contributed by atoms with Gasteiger partial charge in [-0.15, -0.1) is 11.3 Å². The van der Waals surface area contributed by atoms with Crippen LogP contribution in [-0.4, -0.2) is 37.3 Å². The molecule has 2 aliphatic rings. The van der Waals surface area contributed by atoms with Gasteiger partial charge in [-0.2, -0.15) is 5.10 Å². The lowest BCUT2D eigenvalue weighted by molar-refractivity contribution is 0.246. The zero-order valence-electron chi connectivity index (χ0n) is 18.2. The van der Waals surface area contributed by atoms with Crippen LogP contribution in [0.15, 0.2) is 33.2 Å². The molecule has 1 aromatic carbocycles. The maximum atomic E-state index is 12.8. The van der Waals surface area contributed by atoms with E-state index in [2.05, 4.69) is 47.0 Å². The molecule has 1 spiro atoms. The van der Waals surface area contributed by atoms with Gasteiger partial charge in [0.15, 0.2) is 0 Å². The van der Waals surface area contributed by atoms with Crippen molar-refractivity contribution in [3.05, 3.63) is 77.5 Å². The summed E-state index contributed by atoms with van der Waals surface area (Å²) in [5, 5.41) is 7.44. The summed E-state index contributed by atoms with van der Waals surface area (Å²) >= 11 is 1.53. The Morgan fingerprint density at radius 1 is 1.03 bits per heavy atom. The average Bonchev–Trinajstić information content (AvgIpc) is 3.38. The van der Waals surface area contributed by atoms with Gasteiger partial charge in [-0.05, 0) is 39.3 Å². The molecule has 0 saturated carbocycles. The Labute approximate surface area is 185 Å². The van der Waals surface area contributed by atoms with Crippen LogP contribution in [0, 0.1) is 26.2 Å². The van der Waals surface area contributed by atoms with E-state index in [0.717, 1.165) is 49.0 Å². The SMILES string of the molecule is Cc1cc(C)cc(CN2CC[C@]3(Cc4nn(Cc5csc(C)n5)c(=O)c(=O)n4C3)C2)c1. The van der Waals surface area contributed by atoms with E-state index in [1.165, 1.54) is 32.7 Å². The van der Waals surface area contributed by atoms with Crippen molar-refractivity contribution in [3.63, 3.8) is 0 Å². The van der Waals surface area contributed by atoms with Crippen LogP contribution in [0.25, 0.3) is 0 Å². The van der Waals surface area contributed by atoms with Crippen LogP contribution in [0.3, 0.4) is 0 Å². The Morgan fingerprint density at radius 3 is 2.52 bits per heavy atom. The Balaban J connectivity index is 1.35. The van der Waals surface area contributed by atoms with Gasteiger partial charge >= 0.3 is 11.1 Å². The second-order valence-electron chi connectivity index (χ2n) is 9.26. The van der Waals surface area contributed by atoms with Crippen molar-refractivity contribution in [1.29, 1.82) is 0 Å². The number of rotatable bonds is 4. The van der Waals surface area contributed by atoms with E-state index in [1.54, 1.807) is 4.57 Å². The van der Waals surface area contributed by atoms with E-state index < -0.39 is 11.1 Å². The molecule has 7 nitrogen and oxygen atoms in total. The predicted molar refractivity (Wildman–Crippen MR) is 121 cm³/mol. The molecular formula is C23H27N5O2S. The quantitative estimate of drug-likeness (QED) is 0.586. The van der Waals surface area contributed by atoms with Gasteiger partial charge in [0.05, 0.1) is 17.2 Å². The largest absolute Gasteiger partial charge is 0.332 e. The third-order valence-electron chi connectivity index (χ3n) is 6.42. The molecule has 0 radical (unpaired) electrons. The van der Waals surface area contributed by atoms with Crippen LogP contribution in [0.5, 0.6) is 0 Å². The first-order chi connectivity index (χ1) is 14.8. The fourth-order valence-electron chi connectivity index (χ4n) is 5.20. The predicted octanol–water partition coefficient (Wildman–Crippen LogP) is 2.28. The molecule has 162 valence electrons. The topological polar surface area (TPSA) is 73.0 Å². The zero-order valence-corrected chi connectivity index (χ0v) is 19.0. The van der Waals surface area contributed by atoms with E-state index in [9.17, 15) is 9.59 Å². The molecule has 8 heteroatoms. The summed E-state index contributed by atoms with van der Waals surface area (Å²) in [4.78, 5) is 32.3. The van der Waals surface area contributed by atoms with E-state index in [4.69, 9.17) is 0 Å². The van der Waals surface area contributed by atoms with Gasteiger partial charge in [0.25, 0.3) is 0 Å². The summed E-state index contributed by atoms with van der Waals surface area (Å²) in [6.45, 7) is 9.86. The Hall–Kier alpha value is -2.58. The first-order valence-corrected chi connectivity index (χ1v) is 11.6. The summed E-state index contributed by atoms with van der Waals surface area (Å²) < 4.78 is 2.91. The second kappa shape index (κ2) is 7.53. The summed E-state index contributed by atoms with van der Waals surface area (Å²) in [5.41, 5.74) is 3.65. The van der Waals surface area contributed by atoms with Crippen LogP contribution in [0.4, 0.5) is 0 Å². The minimum absolute atomic E-state index is 0.0130. The molecule has 4 heterocycles. The van der Waals surface area contributed by atoms with E-state index in [0.29, 0.717) is 6.54 Å². The Morgan fingerprint density at radius 2 is 1.81 bits per heavy atom. The number of likely N-dealkylation sites (tertiary alicyclic amines) is 1. The fraction of sp³-hybridized carbons (Fsp3) is 0.478. The lowest BCUT2D eigenvalue weighted by atomic mass is 9.86. The molecule has 0 N–H and O–H groups in total. The van der Waals surface area contributed by atoms with Crippen LogP contribution in [0.1, 0.15) is 39.6 Å². The number of hydrogen-bond acceptors (Lipinski definition) is 6. The van der Waals surface area contributed by atoms with Gasteiger partial charge in [-0.25, -0.2) is 9.67 Å². The Bertz CT molecular complexity index is 1250. The molecule has 2 aromatic heterocycles. The highest BCUT2D eigenvalue weighted by Crippen LogP contribution is 2.39. The van der Waals surface area contributed by atoms with Crippen molar-refractivity contribution in [2.45, 2.75) is 53.2 Å². The number of fused-ring (bicyclic) bond motifs is 1. The summed E-state index contributed by atoms with van der Waals surface area (Å²) in [6, 6.07) is 6.70. The number of hydrogen-bond donors (Lipinski definition) is 0. The number of aromatic nitrogens is 4. The lowest BCUT2D eigenvalue weighted by Crippen LogP contribution is -2.43. The first-order valence-electron chi connectivity index (χ1n) is 10.7. The minimum Gasteiger partial charge on any atom is -0.298 e. The average molecular weight is 438 g/mol. The van der Waals surface area contributed by atoms with E-state index in [1.807, 2.05) is 12.3 Å². The van der Waals surface area contributed by atoms with Crippen molar-refractivity contribution in [3.8, 4) is 0 Å². The van der Waals surface area contributed by atoms with Crippen LogP contribution in [-0.2, 0) is 26.1 Å². The van der Waals surface area contributed by atoms with Crippen molar-refractivity contribution < 1.29 is 0 Å². The van der Waals surface area contributed by atoms with Crippen molar-refractivity contribution >= 4 is 11.3 Å². The summed E-state index contributed by atoms with van der Waals surface area (Å²) in [6.07, 6.45) is 1.75. The molecule has 1 atom stereocenters. The highest BCUT2D eigenvalue weighted by Gasteiger charge is 2.44. The van der Waals surface area contributed by atoms with Gasteiger partial charge in [0.1, 0.15) is 5.82 Å². The van der Waals surface area contributed by atoms with Gasteiger partial charge < -0.3 is 0 Å². The smallest absolute Gasteiger partial charge is 0.298 e. The fourth-order valence-corrected chi connectivity index (χ4v) is 5.80. The molecule has 1 saturated heterocycles. The number of aryl methyl sites for hydroxylation is 3. The maximum Gasteiger partial charge on any atom is 0.332 e. The molecule has 0 amide bonds. The van der Waals surface area contributed by atoms with E-state index >= 15 is 0 Å². The molecule has 1 fully saturated rings. The van der Waals surface area contributed by atoms with Gasteiger partial charge in [-0.3, -0.25) is 19.1 Å². The second-order valence-corrected chi connectivity index (χ2v) is 10.3. The molecule has 3 aromatic rings. The molecule has 5 rings (SSSR count). The van der Waals surface area contributed by atoms with Crippen molar-refractivity contribution in [2.24, 2.45) is 5.41 Å². The van der Waals surface area contributed by atoms with E-state index in [-0.39, 0.29) is 12.0 Å². The standard InChI is InChI=1S/C23H27N5O2S/c1-15-6-16(2)8-18(7-15)10-26-5-4-23(13-26)9-20-25-28(11-19-12-31-17(3)24-19)22(30)21(29)27(20)14-23/h6-8,12H,4-5,9-11,13-14H2,1-3H3/t23-/m0/s1. The third kappa shape index (κ3) is 3.90. The lowest BCUT2D eigenvalue weighted by Gasteiger charge is -2.23. The van der Waals surface area contributed by atoms with Crippen molar-refractivity contribution in [1.82, 2.24) is 24.2 Å². The first kappa shape index (κ1) is 20.3. The third-order valence-corrected chi connectivity index (χ3v) is 7.24. The zero-order chi connectivity index (χ0) is 21.8. The highest BCUT2D eigenvalue weighted by atomic mass is 32.1. The molecule has 0 aliphatic carbocycles. The van der Waals surface area contributed by atoms with Gasteiger partial charge in [-0.1, -0.05) is 29.3 Å².